The number of pyridine rings is 1. The fourth-order valence-electron chi connectivity index (χ4n) is 2.12. The largest absolute Gasteiger partial charge is 0.383 e. The molecule has 6 heteroatoms. The van der Waals surface area contributed by atoms with Gasteiger partial charge in [-0.15, -0.1) is 0 Å². The van der Waals surface area contributed by atoms with E-state index in [1.54, 1.807) is 39.1 Å². The maximum atomic E-state index is 12.3. The standard InChI is InChI=1S/C16H24N2O3S/c1-16(2,3)22(19,20)15-5-4-14(12-18-15)17-9-6-13-7-10-21-11-8-13/h4-5,7,12,17H,6,8-11H2,1-3H3. The zero-order valence-corrected chi connectivity index (χ0v) is 14.2. The van der Waals surface area contributed by atoms with Gasteiger partial charge in [-0.3, -0.25) is 0 Å². The molecule has 0 aliphatic carbocycles. The monoisotopic (exact) mass is 324 g/mol. The summed E-state index contributed by atoms with van der Waals surface area (Å²) in [5, 5.41) is 3.39. The molecule has 0 atom stereocenters. The summed E-state index contributed by atoms with van der Waals surface area (Å²) in [6, 6.07) is 3.33. The molecule has 1 aliphatic rings. The van der Waals surface area contributed by atoms with Gasteiger partial charge in [0, 0.05) is 6.54 Å². The Morgan fingerprint density at radius 2 is 2.09 bits per heavy atom. The quantitative estimate of drug-likeness (QED) is 0.844. The first-order valence-corrected chi connectivity index (χ1v) is 8.99. The van der Waals surface area contributed by atoms with Crippen LogP contribution in [0.3, 0.4) is 0 Å². The van der Waals surface area contributed by atoms with E-state index in [0.717, 1.165) is 31.7 Å². The van der Waals surface area contributed by atoms with E-state index >= 15 is 0 Å². The van der Waals surface area contributed by atoms with Gasteiger partial charge in [0.1, 0.15) is 0 Å². The number of ether oxygens (including phenoxy) is 1. The highest BCUT2D eigenvalue weighted by molar-refractivity contribution is 7.92. The van der Waals surface area contributed by atoms with Gasteiger partial charge in [-0.1, -0.05) is 11.6 Å². The summed E-state index contributed by atoms with van der Waals surface area (Å²) >= 11 is 0. The topological polar surface area (TPSA) is 68.3 Å². The molecule has 0 amide bonds. The van der Waals surface area contributed by atoms with Crippen LogP contribution in [0.4, 0.5) is 5.69 Å². The summed E-state index contributed by atoms with van der Waals surface area (Å²) < 4.78 is 29.0. The van der Waals surface area contributed by atoms with Gasteiger partial charge in [0.15, 0.2) is 14.9 Å². The van der Waals surface area contributed by atoms with E-state index in [2.05, 4.69) is 16.4 Å². The number of aromatic nitrogens is 1. The molecule has 0 saturated heterocycles. The van der Waals surface area contributed by atoms with E-state index in [-0.39, 0.29) is 5.03 Å². The van der Waals surface area contributed by atoms with Gasteiger partial charge in [0.05, 0.1) is 29.8 Å². The van der Waals surface area contributed by atoms with Crippen molar-refractivity contribution in [1.29, 1.82) is 0 Å². The molecule has 5 nitrogen and oxygen atoms in total. The van der Waals surface area contributed by atoms with E-state index in [1.807, 2.05) is 0 Å². The molecule has 122 valence electrons. The van der Waals surface area contributed by atoms with E-state index in [0.29, 0.717) is 6.61 Å². The van der Waals surface area contributed by atoms with Gasteiger partial charge in [-0.2, -0.15) is 0 Å². The molecule has 1 aromatic heterocycles. The molecule has 2 heterocycles. The second kappa shape index (κ2) is 6.79. The molecule has 2 rings (SSSR count). The lowest BCUT2D eigenvalue weighted by molar-refractivity contribution is 0.153. The summed E-state index contributed by atoms with van der Waals surface area (Å²) in [5.41, 5.74) is 2.24. The van der Waals surface area contributed by atoms with Crippen molar-refractivity contribution in [3.05, 3.63) is 30.0 Å². The fraction of sp³-hybridized carbons (Fsp3) is 0.562. The zero-order chi connectivity index (χ0) is 16.2. The van der Waals surface area contributed by atoms with Crippen LogP contribution in [0.2, 0.25) is 0 Å². The maximum absolute atomic E-state index is 12.3. The number of nitrogens with zero attached hydrogens (tertiary/aromatic N) is 1. The third-order valence-corrected chi connectivity index (χ3v) is 6.05. The minimum absolute atomic E-state index is 0.123. The smallest absolute Gasteiger partial charge is 0.200 e. The molecule has 0 saturated carbocycles. The van der Waals surface area contributed by atoms with Crippen LogP contribution in [0, 0.1) is 0 Å². The molecule has 0 fully saturated rings. The minimum atomic E-state index is -3.39. The van der Waals surface area contributed by atoms with Crippen molar-refractivity contribution >= 4 is 15.5 Å². The fourth-order valence-corrected chi connectivity index (χ4v) is 3.18. The van der Waals surface area contributed by atoms with Gasteiger partial charge in [0.2, 0.25) is 0 Å². The first kappa shape index (κ1) is 17.0. The lowest BCUT2D eigenvalue weighted by Gasteiger charge is -2.18. The first-order chi connectivity index (χ1) is 10.3. The van der Waals surface area contributed by atoms with Gasteiger partial charge in [-0.25, -0.2) is 13.4 Å². The van der Waals surface area contributed by atoms with Crippen molar-refractivity contribution in [2.75, 3.05) is 25.1 Å². The van der Waals surface area contributed by atoms with Crippen molar-refractivity contribution in [1.82, 2.24) is 4.98 Å². The van der Waals surface area contributed by atoms with Gasteiger partial charge in [-0.05, 0) is 45.7 Å². The molecule has 0 aromatic carbocycles. The average Bonchev–Trinajstić information content (AvgIpc) is 2.48. The number of nitrogens with one attached hydrogen (secondary N) is 1. The summed E-state index contributed by atoms with van der Waals surface area (Å²) in [7, 11) is -3.39. The molecule has 0 spiro atoms. The van der Waals surface area contributed by atoms with Crippen LogP contribution in [-0.2, 0) is 14.6 Å². The summed E-state index contributed by atoms with van der Waals surface area (Å²) in [6.07, 6.45) is 5.66. The summed E-state index contributed by atoms with van der Waals surface area (Å²) in [5.74, 6) is 0. The Hall–Kier alpha value is -1.40. The predicted molar refractivity (Wildman–Crippen MR) is 87.8 cm³/mol. The molecule has 1 N–H and O–H groups in total. The van der Waals surface area contributed by atoms with E-state index in [1.165, 1.54) is 5.57 Å². The lowest BCUT2D eigenvalue weighted by Crippen LogP contribution is -2.28. The third-order valence-electron chi connectivity index (χ3n) is 3.65. The van der Waals surface area contributed by atoms with Gasteiger partial charge >= 0.3 is 0 Å². The van der Waals surface area contributed by atoms with Crippen LogP contribution < -0.4 is 5.32 Å². The molecule has 0 unspecified atom stereocenters. The second-order valence-electron chi connectivity index (χ2n) is 6.36. The van der Waals surface area contributed by atoms with Crippen LogP contribution in [-0.4, -0.2) is 37.9 Å². The number of rotatable bonds is 5. The van der Waals surface area contributed by atoms with Crippen LogP contribution in [0.15, 0.2) is 35.0 Å². The number of hydrogen-bond acceptors (Lipinski definition) is 5. The summed E-state index contributed by atoms with van der Waals surface area (Å²) in [6.45, 7) is 7.34. The number of hydrogen-bond donors (Lipinski definition) is 1. The van der Waals surface area contributed by atoms with E-state index < -0.39 is 14.6 Å². The Morgan fingerprint density at radius 3 is 2.64 bits per heavy atom. The number of anilines is 1. The van der Waals surface area contributed by atoms with Crippen molar-refractivity contribution in [2.24, 2.45) is 0 Å². The van der Waals surface area contributed by atoms with Crippen LogP contribution in [0.25, 0.3) is 0 Å². The minimum Gasteiger partial charge on any atom is -0.383 e. The SMILES string of the molecule is CC(C)(C)S(=O)(=O)c1ccc(NCCC2=CCOCC2)cn1. The third kappa shape index (κ3) is 4.08. The molecule has 1 aliphatic heterocycles. The van der Waals surface area contributed by atoms with Crippen molar-refractivity contribution in [3.63, 3.8) is 0 Å². The Bertz CT molecular complexity index is 628. The Kier molecular flexibility index (Phi) is 5.24. The normalized spacial score (nSPS) is 16.2. The van der Waals surface area contributed by atoms with Crippen LogP contribution in [0.1, 0.15) is 33.6 Å². The molecule has 0 bridgehead atoms. The number of sulfone groups is 1. The molecular formula is C16H24N2O3S. The highest BCUT2D eigenvalue weighted by Gasteiger charge is 2.31. The van der Waals surface area contributed by atoms with Crippen LogP contribution in [0.5, 0.6) is 0 Å². The highest BCUT2D eigenvalue weighted by atomic mass is 32.2. The van der Waals surface area contributed by atoms with Gasteiger partial charge in [0.25, 0.3) is 0 Å². The lowest BCUT2D eigenvalue weighted by atomic mass is 10.1. The Balaban J connectivity index is 1.93. The van der Waals surface area contributed by atoms with E-state index in [4.69, 9.17) is 4.74 Å². The van der Waals surface area contributed by atoms with Crippen molar-refractivity contribution in [2.45, 2.75) is 43.4 Å². The first-order valence-electron chi connectivity index (χ1n) is 7.51. The average molecular weight is 324 g/mol. The van der Waals surface area contributed by atoms with E-state index in [9.17, 15) is 8.42 Å². The summed E-state index contributed by atoms with van der Waals surface area (Å²) in [4.78, 5) is 4.10. The maximum Gasteiger partial charge on any atom is 0.200 e. The highest BCUT2D eigenvalue weighted by Crippen LogP contribution is 2.23. The second-order valence-corrected chi connectivity index (χ2v) is 9.01. The molecular weight excluding hydrogens is 300 g/mol. The molecule has 0 radical (unpaired) electrons. The van der Waals surface area contributed by atoms with Crippen LogP contribution >= 0.6 is 0 Å². The van der Waals surface area contributed by atoms with Crippen molar-refractivity contribution < 1.29 is 13.2 Å². The Morgan fingerprint density at radius 1 is 1.32 bits per heavy atom. The van der Waals surface area contributed by atoms with Gasteiger partial charge < -0.3 is 10.1 Å². The molecule has 22 heavy (non-hydrogen) atoms. The zero-order valence-electron chi connectivity index (χ0n) is 13.4. The van der Waals surface area contributed by atoms with Crippen molar-refractivity contribution in [3.8, 4) is 0 Å². The molecule has 1 aromatic rings. The predicted octanol–water partition coefficient (Wildman–Crippen LogP) is 2.80. The Labute approximate surface area is 132 Å².